The van der Waals surface area contributed by atoms with E-state index in [-0.39, 0.29) is 11.2 Å². The number of benzene rings is 1. The molecular formula is C14H12O2. The minimum Gasteiger partial charge on any atom is -0.504 e. The third-order valence-electron chi connectivity index (χ3n) is 2.47. The lowest BCUT2D eigenvalue weighted by molar-refractivity contribution is 0.473. The van der Waals surface area contributed by atoms with Crippen LogP contribution in [0.3, 0.4) is 0 Å². The fourth-order valence-corrected chi connectivity index (χ4v) is 1.55. The van der Waals surface area contributed by atoms with Gasteiger partial charge in [-0.25, -0.2) is 0 Å². The Hall–Kier alpha value is -2.09. The van der Waals surface area contributed by atoms with Gasteiger partial charge in [-0.05, 0) is 18.6 Å². The van der Waals surface area contributed by atoms with Crippen LogP contribution in [0, 0.1) is 6.92 Å². The van der Waals surface area contributed by atoms with E-state index in [2.05, 4.69) is 0 Å². The van der Waals surface area contributed by atoms with Crippen molar-refractivity contribution in [2.75, 3.05) is 0 Å². The van der Waals surface area contributed by atoms with Gasteiger partial charge in [0.1, 0.15) is 0 Å². The van der Waals surface area contributed by atoms with Crippen LogP contribution < -0.4 is 5.43 Å². The molecule has 0 radical (unpaired) electrons. The first-order chi connectivity index (χ1) is 7.68. The highest BCUT2D eigenvalue weighted by Gasteiger charge is 2.04. The lowest BCUT2D eigenvalue weighted by atomic mass is 10.1. The molecule has 2 aromatic carbocycles. The zero-order chi connectivity index (χ0) is 11.5. The number of hydrogen-bond acceptors (Lipinski definition) is 2. The van der Waals surface area contributed by atoms with Crippen molar-refractivity contribution in [2.45, 2.75) is 6.92 Å². The van der Waals surface area contributed by atoms with Gasteiger partial charge in [0.15, 0.2) is 5.75 Å². The SMILES string of the molecule is Cc1ccc(-c2ccccc(=O)c2O)cc1. The van der Waals surface area contributed by atoms with E-state index < -0.39 is 0 Å². The summed E-state index contributed by atoms with van der Waals surface area (Å²) in [5.74, 6) is -0.200. The molecule has 0 saturated carbocycles. The molecule has 0 unspecified atom stereocenters. The molecule has 0 atom stereocenters. The van der Waals surface area contributed by atoms with Gasteiger partial charge in [0, 0.05) is 5.56 Å². The van der Waals surface area contributed by atoms with Crippen LogP contribution in [-0.4, -0.2) is 5.11 Å². The number of hydrogen-bond donors (Lipinski definition) is 1. The maximum atomic E-state index is 11.4. The molecule has 2 rings (SSSR count). The van der Waals surface area contributed by atoms with E-state index in [9.17, 15) is 9.90 Å². The minimum atomic E-state index is -0.361. The molecule has 0 aliphatic carbocycles. The van der Waals surface area contributed by atoms with E-state index in [0.29, 0.717) is 5.56 Å². The zero-order valence-corrected chi connectivity index (χ0v) is 8.97. The summed E-state index contributed by atoms with van der Waals surface area (Å²) < 4.78 is 0. The Morgan fingerprint density at radius 3 is 2.25 bits per heavy atom. The van der Waals surface area contributed by atoms with Gasteiger partial charge < -0.3 is 5.11 Å². The van der Waals surface area contributed by atoms with Crippen molar-refractivity contribution in [2.24, 2.45) is 0 Å². The molecule has 0 bridgehead atoms. The van der Waals surface area contributed by atoms with Gasteiger partial charge in [0.05, 0.1) is 0 Å². The fraction of sp³-hybridized carbons (Fsp3) is 0.0714. The standard InChI is InChI=1S/C14H12O2/c1-10-6-8-11(9-7-10)12-4-2-3-5-13(15)14(12)16/h2-9H,1H3,(H,15,16). The van der Waals surface area contributed by atoms with Crippen LogP contribution in [0.2, 0.25) is 0 Å². The highest BCUT2D eigenvalue weighted by molar-refractivity contribution is 5.69. The van der Waals surface area contributed by atoms with Crippen LogP contribution in [0.5, 0.6) is 5.75 Å². The lowest BCUT2D eigenvalue weighted by Crippen LogP contribution is -1.94. The number of aryl methyl sites for hydroxylation is 1. The molecule has 0 heterocycles. The first-order valence-electron chi connectivity index (χ1n) is 5.08. The number of aromatic hydroxyl groups is 1. The summed E-state index contributed by atoms with van der Waals surface area (Å²) >= 11 is 0. The summed E-state index contributed by atoms with van der Waals surface area (Å²) in [5.41, 5.74) is 2.19. The van der Waals surface area contributed by atoms with Crippen LogP contribution in [-0.2, 0) is 0 Å². The van der Waals surface area contributed by atoms with Crippen molar-refractivity contribution in [1.82, 2.24) is 0 Å². The van der Waals surface area contributed by atoms with Crippen molar-refractivity contribution in [1.29, 1.82) is 0 Å². The van der Waals surface area contributed by atoms with Crippen molar-refractivity contribution < 1.29 is 5.11 Å². The Labute approximate surface area is 93.8 Å². The normalized spacial score (nSPS) is 10.1. The molecule has 2 aromatic rings. The van der Waals surface area contributed by atoms with Gasteiger partial charge in [-0.2, -0.15) is 0 Å². The second kappa shape index (κ2) is 4.19. The lowest BCUT2D eigenvalue weighted by Gasteiger charge is -2.01. The monoisotopic (exact) mass is 212 g/mol. The molecule has 0 saturated heterocycles. The summed E-state index contributed by atoms with van der Waals surface area (Å²) in [7, 11) is 0. The third-order valence-corrected chi connectivity index (χ3v) is 2.47. The zero-order valence-electron chi connectivity index (χ0n) is 8.97. The molecular weight excluding hydrogens is 200 g/mol. The molecule has 16 heavy (non-hydrogen) atoms. The van der Waals surface area contributed by atoms with Crippen molar-refractivity contribution in [3.8, 4) is 16.9 Å². The molecule has 0 aromatic heterocycles. The van der Waals surface area contributed by atoms with Crippen LogP contribution in [0.1, 0.15) is 5.56 Å². The fourth-order valence-electron chi connectivity index (χ4n) is 1.55. The molecule has 0 fully saturated rings. The van der Waals surface area contributed by atoms with Crippen LogP contribution >= 0.6 is 0 Å². The first-order valence-corrected chi connectivity index (χ1v) is 5.08. The molecule has 2 heteroatoms. The average molecular weight is 212 g/mol. The number of rotatable bonds is 1. The Bertz CT molecular complexity index is 557. The maximum absolute atomic E-state index is 11.4. The summed E-state index contributed by atoms with van der Waals surface area (Å²) in [6.45, 7) is 1.99. The van der Waals surface area contributed by atoms with Gasteiger partial charge in [-0.15, -0.1) is 0 Å². The van der Waals surface area contributed by atoms with Gasteiger partial charge in [-0.1, -0.05) is 48.0 Å². The van der Waals surface area contributed by atoms with E-state index in [1.54, 1.807) is 18.2 Å². The smallest absolute Gasteiger partial charge is 0.220 e. The second-order valence-electron chi connectivity index (χ2n) is 3.71. The Balaban J connectivity index is 2.66. The summed E-state index contributed by atoms with van der Waals surface area (Å²) in [6.07, 6.45) is 0. The maximum Gasteiger partial charge on any atom is 0.220 e. The van der Waals surface area contributed by atoms with Gasteiger partial charge in [0.25, 0.3) is 0 Å². The van der Waals surface area contributed by atoms with Gasteiger partial charge in [-0.3, -0.25) is 4.79 Å². The average Bonchev–Trinajstić information content (AvgIpc) is 2.44. The van der Waals surface area contributed by atoms with Crippen molar-refractivity contribution in [3.05, 3.63) is 64.3 Å². The van der Waals surface area contributed by atoms with E-state index >= 15 is 0 Å². The van der Waals surface area contributed by atoms with E-state index in [4.69, 9.17) is 0 Å². The molecule has 0 aliphatic heterocycles. The van der Waals surface area contributed by atoms with Crippen molar-refractivity contribution in [3.63, 3.8) is 0 Å². The first kappa shape index (κ1) is 10.4. The second-order valence-corrected chi connectivity index (χ2v) is 3.71. The van der Waals surface area contributed by atoms with Crippen LogP contribution in [0.25, 0.3) is 11.1 Å². The van der Waals surface area contributed by atoms with E-state index in [1.165, 1.54) is 6.07 Å². The van der Waals surface area contributed by atoms with E-state index in [1.807, 2.05) is 31.2 Å². The molecule has 80 valence electrons. The third kappa shape index (κ3) is 1.96. The summed E-state index contributed by atoms with van der Waals surface area (Å²) in [4.78, 5) is 11.4. The molecule has 1 N–H and O–H groups in total. The van der Waals surface area contributed by atoms with Crippen LogP contribution in [0.4, 0.5) is 0 Å². The molecule has 0 spiro atoms. The summed E-state index contributed by atoms with van der Waals surface area (Å²) in [5, 5.41) is 9.77. The van der Waals surface area contributed by atoms with Crippen LogP contribution in [0.15, 0.2) is 53.3 Å². The molecule has 0 aliphatic rings. The predicted molar refractivity (Wildman–Crippen MR) is 64.5 cm³/mol. The van der Waals surface area contributed by atoms with Gasteiger partial charge >= 0.3 is 0 Å². The Morgan fingerprint density at radius 1 is 0.938 bits per heavy atom. The Morgan fingerprint density at radius 2 is 1.56 bits per heavy atom. The highest BCUT2D eigenvalue weighted by atomic mass is 16.3. The van der Waals surface area contributed by atoms with Crippen molar-refractivity contribution >= 4 is 0 Å². The topological polar surface area (TPSA) is 37.3 Å². The predicted octanol–water partition coefficient (Wildman–Crippen LogP) is 2.73. The quantitative estimate of drug-likeness (QED) is 0.789. The largest absolute Gasteiger partial charge is 0.504 e. The highest BCUT2D eigenvalue weighted by Crippen LogP contribution is 2.25. The molecule has 0 amide bonds. The Kier molecular flexibility index (Phi) is 2.73. The minimum absolute atomic E-state index is 0.200. The summed E-state index contributed by atoms with van der Waals surface area (Å²) in [6, 6.07) is 14.1. The van der Waals surface area contributed by atoms with E-state index in [0.717, 1.165) is 11.1 Å². The molecule has 2 nitrogen and oxygen atoms in total. The van der Waals surface area contributed by atoms with Gasteiger partial charge in [0.2, 0.25) is 5.43 Å².